The van der Waals surface area contributed by atoms with E-state index in [0.29, 0.717) is 5.69 Å². The van der Waals surface area contributed by atoms with Crippen molar-refractivity contribution in [3.63, 3.8) is 0 Å². The van der Waals surface area contributed by atoms with Crippen LogP contribution in [0.3, 0.4) is 0 Å². The second-order valence-corrected chi connectivity index (χ2v) is 5.51. The molecule has 0 fully saturated rings. The summed E-state index contributed by atoms with van der Waals surface area (Å²) in [5, 5.41) is 13.4. The van der Waals surface area contributed by atoms with Gasteiger partial charge >= 0.3 is 5.97 Å². The van der Waals surface area contributed by atoms with E-state index in [1.165, 1.54) is 36.4 Å². The number of carbonyl (C=O) groups is 2. The van der Waals surface area contributed by atoms with Gasteiger partial charge in [0.1, 0.15) is 5.75 Å². The van der Waals surface area contributed by atoms with Crippen LogP contribution in [0.25, 0.3) is 0 Å². The van der Waals surface area contributed by atoms with Crippen molar-refractivity contribution in [3.8, 4) is 5.75 Å². The number of hydrogen-bond donors (Lipinski definition) is 1. The van der Waals surface area contributed by atoms with Crippen molar-refractivity contribution in [2.24, 2.45) is 0 Å². The van der Waals surface area contributed by atoms with Crippen LogP contribution in [0.4, 0.5) is 11.4 Å². The van der Waals surface area contributed by atoms with E-state index in [4.69, 9.17) is 4.74 Å². The lowest BCUT2D eigenvalue weighted by molar-refractivity contribution is -0.384. The Labute approximate surface area is 154 Å². The highest BCUT2D eigenvalue weighted by Gasteiger charge is 2.17. The SMILES string of the molecule is O=C(Oc1ccccc1C(=O)Nc1ccccc1)c1ccc([N+](=O)[O-])cc1. The second kappa shape index (κ2) is 7.92. The van der Waals surface area contributed by atoms with Gasteiger partial charge in [-0.2, -0.15) is 0 Å². The quantitative estimate of drug-likeness (QED) is 0.319. The van der Waals surface area contributed by atoms with Crippen LogP contribution in [0.2, 0.25) is 0 Å². The minimum absolute atomic E-state index is 0.0919. The molecular weight excluding hydrogens is 348 g/mol. The third-order valence-electron chi connectivity index (χ3n) is 3.68. The van der Waals surface area contributed by atoms with Gasteiger partial charge in [-0.1, -0.05) is 30.3 Å². The summed E-state index contributed by atoms with van der Waals surface area (Å²) in [6, 6.07) is 20.2. The van der Waals surface area contributed by atoms with Crippen LogP contribution in [0.5, 0.6) is 5.75 Å². The molecule has 134 valence electrons. The van der Waals surface area contributed by atoms with Crippen molar-refractivity contribution in [2.45, 2.75) is 0 Å². The number of rotatable bonds is 5. The summed E-state index contributed by atoms with van der Waals surface area (Å²) in [5.41, 5.74) is 0.809. The Morgan fingerprint density at radius 2 is 1.48 bits per heavy atom. The highest BCUT2D eigenvalue weighted by molar-refractivity contribution is 6.07. The molecule has 0 heterocycles. The van der Waals surface area contributed by atoms with Crippen molar-refractivity contribution in [2.75, 3.05) is 5.32 Å². The van der Waals surface area contributed by atoms with Gasteiger partial charge in [0.25, 0.3) is 11.6 Å². The number of nitro benzene ring substituents is 1. The van der Waals surface area contributed by atoms with Gasteiger partial charge in [0, 0.05) is 17.8 Å². The number of amides is 1. The zero-order chi connectivity index (χ0) is 19.2. The Morgan fingerprint density at radius 3 is 2.15 bits per heavy atom. The number of ether oxygens (including phenoxy) is 1. The van der Waals surface area contributed by atoms with Crippen LogP contribution in [0, 0.1) is 10.1 Å². The molecule has 0 aliphatic heterocycles. The molecule has 27 heavy (non-hydrogen) atoms. The predicted molar refractivity (Wildman–Crippen MR) is 98.9 cm³/mol. The van der Waals surface area contributed by atoms with Gasteiger partial charge in [-0.25, -0.2) is 4.79 Å². The van der Waals surface area contributed by atoms with E-state index in [9.17, 15) is 19.7 Å². The molecule has 3 aromatic rings. The topological polar surface area (TPSA) is 98.5 Å². The Hall–Kier alpha value is -4.00. The molecule has 7 nitrogen and oxygen atoms in total. The monoisotopic (exact) mass is 362 g/mol. The number of non-ortho nitro benzene ring substituents is 1. The number of anilines is 1. The Balaban J connectivity index is 1.78. The molecule has 0 saturated heterocycles. The average molecular weight is 362 g/mol. The summed E-state index contributed by atoms with van der Waals surface area (Å²) < 4.78 is 5.32. The number of nitrogens with one attached hydrogen (secondary N) is 1. The van der Waals surface area contributed by atoms with Gasteiger partial charge in [0.05, 0.1) is 16.1 Å². The number of hydrogen-bond acceptors (Lipinski definition) is 5. The second-order valence-electron chi connectivity index (χ2n) is 5.51. The lowest BCUT2D eigenvalue weighted by atomic mass is 10.1. The minimum atomic E-state index is -0.718. The summed E-state index contributed by atoms with van der Waals surface area (Å²) in [5.74, 6) is -1.05. The Morgan fingerprint density at radius 1 is 0.852 bits per heavy atom. The van der Waals surface area contributed by atoms with Gasteiger partial charge in [-0.05, 0) is 36.4 Å². The third-order valence-corrected chi connectivity index (χ3v) is 3.68. The molecule has 0 aliphatic carbocycles. The van der Waals surface area contributed by atoms with E-state index in [-0.39, 0.29) is 22.6 Å². The van der Waals surface area contributed by atoms with Gasteiger partial charge < -0.3 is 10.1 Å². The van der Waals surface area contributed by atoms with Gasteiger partial charge in [0.2, 0.25) is 0 Å². The molecule has 0 radical (unpaired) electrons. The fraction of sp³-hybridized carbons (Fsp3) is 0. The van der Waals surface area contributed by atoms with E-state index in [0.717, 1.165) is 0 Å². The minimum Gasteiger partial charge on any atom is -0.422 e. The van der Waals surface area contributed by atoms with Crippen LogP contribution in [0.15, 0.2) is 78.9 Å². The van der Waals surface area contributed by atoms with Crippen LogP contribution >= 0.6 is 0 Å². The highest BCUT2D eigenvalue weighted by Crippen LogP contribution is 2.21. The molecule has 0 aromatic heterocycles. The number of carbonyl (C=O) groups excluding carboxylic acids is 2. The zero-order valence-electron chi connectivity index (χ0n) is 14.0. The molecule has 0 unspecified atom stereocenters. The van der Waals surface area contributed by atoms with Gasteiger partial charge in [-0.15, -0.1) is 0 Å². The van der Waals surface area contributed by atoms with Crippen molar-refractivity contribution in [3.05, 3.63) is 100 Å². The number of nitrogens with zero attached hydrogens (tertiary/aromatic N) is 1. The molecule has 3 rings (SSSR count). The van der Waals surface area contributed by atoms with E-state index in [1.807, 2.05) is 6.07 Å². The standard InChI is InChI=1S/C20H14N2O5/c23-19(21-15-6-2-1-3-7-15)17-8-4-5-9-18(17)27-20(24)14-10-12-16(13-11-14)22(25)26/h1-13H,(H,21,23). The van der Waals surface area contributed by atoms with Crippen LogP contribution in [-0.2, 0) is 0 Å². The largest absolute Gasteiger partial charge is 0.422 e. The fourth-order valence-electron chi connectivity index (χ4n) is 2.34. The number of benzene rings is 3. The predicted octanol–water partition coefficient (Wildman–Crippen LogP) is 4.07. The maximum absolute atomic E-state index is 12.5. The molecule has 1 amide bonds. The zero-order valence-corrected chi connectivity index (χ0v) is 14.0. The van der Waals surface area contributed by atoms with E-state index in [1.54, 1.807) is 36.4 Å². The molecule has 0 spiro atoms. The summed E-state index contributed by atoms with van der Waals surface area (Å²) in [7, 11) is 0. The Bertz CT molecular complexity index is 985. The van der Waals surface area contributed by atoms with E-state index in [2.05, 4.69) is 5.32 Å². The number of para-hydroxylation sites is 2. The summed E-state index contributed by atoms with van der Waals surface area (Å²) >= 11 is 0. The summed E-state index contributed by atoms with van der Waals surface area (Å²) in [6.07, 6.45) is 0. The van der Waals surface area contributed by atoms with E-state index < -0.39 is 16.8 Å². The highest BCUT2D eigenvalue weighted by atomic mass is 16.6. The smallest absolute Gasteiger partial charge is 0.343 e. The fourth-order valence-corrected chi connectivity index (χ4v) is 2.34. The van der Waals surface area contributed by atoms with Crippen molar-refractivity contribution < 1.29 is 19.2 Å². The van der Waals surface area contributed by atoms with Gasteiger partial charge in [-0.3, -0.25) is 14.9 Å². The molecule has 0 aliphatic rings. The first-order chi connectivity index (χ1) is 13.0. The average Bonchev–Trinajstić information content (AvgIpc) is 2.69. The molecule has 7 heteroatoms. The summed E-state index contributed by atoms with van der Waals surface area (Å²) in [4.78, 5) is 34.9. The van der Waals surface area contributed by atoms with Crippen LogP contribution in [-0.4, -0.2) is 16.8 Å². The van der Waals surface area contributed by atoms with Crippen molar-refractivity contribution >= 4 is 23.3 Å². The lowest BCUT2D eigenvalue weighted by Crippen LogP contribution is -2.16. The number of nitro groups is 1. The lowest BCUT2D eigenvalue weighted by Gasteiger charge is -2.10. The van der Waals surface area contributed by atoms with E-state index >= 15 is 0 Å². The van der Waals surface area contributed by atoms with Crippen molar-refractivity contribution in [1.29, 1.82) is 0 Å². The molecular formula is C20H14N2O5. The van der Waals surface area contributed by atoms with Gasteiger partial charge in [0.15, 0.2) is 0 Å². The molecule has 0 saturated carbocycles. The molecule has 1 N–H and O–H groups in total. The maximum Gasteiger partial charge on any atom is 0.343 e. The normalized spacial score (nSPS) is 10.1. The first kappa shape index (κ1) is 17.8. The molecule has 0 atom stereocenters. The van der Waals surface area contributed by atoms with Crippen LogP contribution in [0.1, 0.15) is 20.7 Å². The number of esters is 1. The molecule has 3 aromatic carbocycles. The third kappa shape index (κ3) is 4.35. The first-order valence-electron chi connectivity index (χ1n) is 7.96. The molecule has 0 bridgehead atoms. The first-order valence-corrected chi connectivity index (χ1v) is 7.96. The van der Waals surface area contributed by atoms with Crippen molar-refractivity contribution in [1.82, 2.24) is 0 Å². The Kier molecular flexibility index (Phi) is 5.22. The summed E-state index contributed by atoms with van der Waals surface area (Å²) in [6.45, 7) is 0. The maximum atomic E-state index is 12.5. The van der Waals surface area contributed by atoms with Crippen LogP contribution < -0.4 is 10.1 Å².